The van der Waals surface area contributed by atoms with Gasteiger partial charge in [0, 0.05) is 18.5 Å². The van der Waals surface area contributed by atoms with E-state index in [2.05, 4.69) is 25.9 Å². The van der Waals surface area contributed by atoms with Gasteiger partial charge in [-0.1, -0.05) is 6.92 Å². The van der Waals surface area contributed by atoms with Gasteiger partial charge in [0.15, 0.2) is 5.78 Å². The fraction of sp³-hybridized carbons (Fsp3) is 0.667. The van der Waals surface area contributed by atoms with Crippen molar-refractivity contribution in [1.29, 1.82) is 0 Å². The Morgan fingerprint density at radius 3 is 2.67 bits per heavy atom. The Kier molecular flexibility index (Phi) is 5.49. The molecule has 6 heteroatoms. The van der Waals surface area contributed by atoms with E-state index < -0.39 is 0 Å². The molecule has 102 valence electrons. The fourth-order valence-corrected chi connectivity index (χ4v) is 2.02. The lowest BCUT2D eigenvalue weighted by Crippen LogP contribution is -2.32. The third-order valence-corrected chi connectivity index (χ3v) is 3.57. The Hall–Kier alpha value is -0.720. The summed E-state index contributed by atoms with van der Waals surface area (Å²) >= 11 is 3.38. The molecule has 0 bridgehead atoms. The molecule has 0 aliphatic rings. The lowest BCUT2D eigenvalue weighted by molar-refractivity contribution is 0.0904. The summed E-state index contributed by atoms with van der Waals surface area (Å²) in [7, 11) is 3.98. The lowest BCUT2D eigenvalue weighted by Gasteiger charge is -2.16. The molecule has 1 rings (SSSR count). The average molecular weight is 317 g/mol. The highest BCUT2D eigenvalue weighted by molar-refractivity contribution is 9.10. The van der Waals surface area contributed by atoms with Gasteiger partial charge >= 0.3 is 0 Å². The summed E-state index contributed by atoms with van der Waals surface area (Å²) in [5, 5.41) is 4.23. The average Bonchev–Trinajstić information content (AvgIpc) is 2.65. The van der Waals surface area contributed by atoms with Crippen LogP contribution in [-0.2, 0) is 6.54 Å². The summed E-state index contributed by atoms with van der Waals surface area (Å²) in [4.78, 5) is 14.4. The highest BCUT2D eigenvalue weighted by Crippen LogP contribution is 2.20. The van der Waals surface area contributed by atoms with Crippen LogP contribution in [0.5, 0.6) is 0 Å². The Morgan fingerprint density at radius 2 is 2.17 bits per heavy atom. The Morgan fingerprint density at radius 1 is 1.56 bits per heavy atom. The highest BCUT2D eigenvalue weighted by Gasteiger charge is 2.24. The zero-order chi connectivity index (χ0) is 13.9. The van der Waals surface area contributed by atoms with Gasteiger partial charge in [0.25, 0.3) is 0 Å². The standard InChI is InChI=1S/C12H21BrN4O/c1-8(9(2)14)12(18)11-10(13)7-15-17(11)6-5-16(3)4/h7-9H,5-6,14H2,1-4H3. The first-order valence-electron chi connectivity index (χ1n) is 6.00. The van der Waals surface area contributed by atoms with Gasteiger partial charge in [-0.15, -0.1) is 0 Å². The van der Waals surface area contributed by atoms with Crippen molar-refractivity contribution in [2.75, 3.05) is 20.6 Å². The lowest BCUT2D eigenvalue weighted by atomic mass is 9.97. The SMILES string of the molecule is CC(N)C(C)C(=O)c1c(Br)cnn1CCN(C)C. The molecule has 18 heavy (non-hydrogen) atoms. The van der Waals surface area contributed by atoms with Crippen molar-refractivity contribution in [2.45, 2.75) is 26.4 Å². The largest absolute Gasteiger partial charge is 0.327 e. The molecule has 5 nitrogen and oxygen atoms in total. The number of carbonyl (C=O) groups is 1. The van der Waals surface area contributed by atoms with Crippen molar-refractivity contribution in [3.05, 3.63) is 16.4 Å². The molecular formula is C12H21BrN4O. The minimum atomic E-state index is -0.212. The smallest absolute Gasteiger partial charge is 0.186 e. The van der Waals surface area contributed by atoms with Gasteiger partial charge in [0.1, 0.15) is 5.69 Å². The minimum Gasteiger partial charge on any atom is -0.327 e. The molecule has 0 fully saturated rings. The number of Topliss-reactive ketones (excluding diaryl/α,β-unsaturated/α-hetero) is 1. The second-order valence-corrected chi connectivity index (χ2v) is 5.73. The van der Waals surface area contributed by atoms with Gasteiger partial charge in [0.05, 0.1) is 17.2 Å². The van der Waals surface area contributed by atoms with Gasteiger partial charge < -0.3 is 10.6 Å². The van der Waals surface area contributed by atoms with Crippen molar-refractivity contribution in [3.8, 4) is 0 Å². The van der Waals surface area contributed by atoms with Gasteiger partial charge in [-0.05, 0) is 36.9 Å². The third kappa shape index (κ3) is 3.63. The predicted octanol–water partition coefficient (Wildman–Crippen LogP) is 1.37. The van der Waals surface area contributed by atoms with E-state index in [-0.39, 0.29) is 17.7 Å². The molecule has 1 heterocycles. The monoisotopic (exact) mass is 316 g/mol. The molecule has 0 radical (unpaired) electrons. The van der Waals surface area contributed by atoms with E-state index in [1.165, 1.54) is 0 Å². The summed E-state index contributed by atoms with van der Waals surface area (Å²) in [5.41, 5.74) is 6.40. The second kappa shape index (κ2) is 6.45. The van der Waals surface area contributed by atoms with Gasteiger partial charge in [-0.25, -0.2) is 0 Å². The topological polar surface area (TPSA) is 64.2 Å². The highest BCUT2D eigenvalue weighted by atomic mass is 79.9. The molecule has 0 saturated heterocycles. The molecule has 0 aliphatic heterocycles. The maximum atomic E-state index is 12.3. The van der Waals surface area contributed by atoms with Crippen LogP contribution in [0.3, 0.4) is 0 Å². The van der Waals surface area contributed by atoms with Crippen LogP contribution in [0.1, 0.15) is 24.3 Å². The number of likely N-dealkylation sites (N-methyl/N-ethyl adjacent to an activating group) is 1. The molecule has 0 amide bonds. The van der Waals surface area contributed by atoms with E-state index >= 15 is 0 Å². The number of nitrogens with two attached hydrogens (primary N) is 1. The molecule has 1 aromatic rings. The number of hydrogen-bond donors (Lipinski definition) is 1. The number of hydrogen-bond acceptors (Lipinski definition) is 4. The zero-order valence-electron chi connectivity index (χ0n) is 11.4. The fourth-order valence-electron chi connectivity index (χ4n) is 1.53. The maximum Gasteiger partial charge on any atom is 0.186 e. The first kappa shape index (κ1) is 15.3. The number of halogens is 1. The summed E-state index contributed by atoms with van der Waals surface area (Å²) < 4.78 is 2.48. The number of nitrogens with zero attached hydrogens (tertiary/aromatic N) is 3. The van der Waals surface area contributed by atoms with Crippen LogP contribution < -0.4 is 5.73 Å². The van der Waals surface area contributed by atoms with Gasteiger partial charge in [0.2, 0.25) is 0 Å². The van der Waals surface area contributed by atoms with E-state index in [0.29, 0.717) is 12.2 Å². The predicted molar refractivity (Wildman–Crippen MR) is 75.6 cm³/mol. The number of ketones is 1. The van der Waals surface area contributed by atoms with Crippen molar-refractivity contribution >= 4 is 21.7 Å². The van der Waals surface area contributed by atoms with E-state index in [9.17, 15) is 4.79 Å². The second-order valence-electron chi connectivity index (χ2n) is 4.88. The number of carbonyl (C=O) groups excluding carboxylic acids is 1. The first-order valence-corrected chi connectivity index (χ1v) is 6.79. The van der Waals surface area contributed by atoms with Crippen LogP contribution in [0.25, 0.3) is 0 Å². The van der Waals surface area contributed by atoms with Crippen molar-refractivity contribution in [1.82, 2.24) is 14.7 Å². The van der Waals surface area contributed by atoms with E-state index in [1.807, 2.05) is 27.9 Å². The Labute approximate surface area is 116 Å². The van der Waals surface area contributed by atoms with Gasteiger partial charge in [-0.2, -0.15) is 5.10 Å². The van der Waals surface area contributed by atoms with Crippen LogP contribution in [0.2, 0.25) is 0 Å². The van der Waals surface area contributed by atoms with E-state index in [4.69, 9.17) is 5.73 Å². The number of aromatic nitrogens is 2. The molecule has 2 unspecified atom stereocenters. The summed E-state index contributed by atoms with van der Waals surface area (Å²) in [6, 6.07) is -0.165. The molecule has 0 aromatic carbocycles. The molecular weight excluding hydrogens is 296 g/mol. The molecule has 0 saturated carbocycles. The Balaban J connectivity index is 2.93. The first-order chi connectivity index (χ1) is 8.34. The third-order valence-electron chi connectivity index (χ3n) is 2.99. The summed E-state index contributed by atoms with van der Waals surface area (Å²) in [5.74, 6) is -0.177. The van der Waals surface area contributed by atoms with Crippen LogP contribution in [-0.4, -0.2) is 47.1 Å². The minimum absolute atomic E-state index is 0.0353. The van der Waals surface area contributed by atoms with E-state index in [0.717, 1.165) is 11.0 Å². The van der Waals surface area contributed by atoms with Gasteiger partial charge in [-0.3, -0.25) is 9.48 Å². The molecule has 2 atom stereocenters. The van der Waals surface area contributed by atoms with E-state index in [1.54, 1.807) is 10.9 Å². The van der Waals surface area contributed by atoms with Crippen molar-refractivity contribution < 1.29 is 4.79 Å². The van der Waals surface area contributed by atoms with Crippen LogP contribution >= 0.6 is 15.9 Å². The molecule has 2 N–H and O–H groups in total. The maximum absolute atomic E-state index is 12.3. The van der Waals surface area contributed by atoms with Crippen LogP contribution in [0.15, 0.2) is 10.7 Å². The molecule has 0 spiro atoms. The Bertz CT molecular complexity index is 414. The van der Waals surface area contributed by atoms with Crippen LogP contribution in [0, 0.1) is 5.92 Å². The molecule has 0 aliphatic carbocycles. The van der Waals surface area contributed by atoms with Crippen molar-refractivity contribution in [3.63, 3.8) is 0 Å². The van der Waals surface area contributed by atoms with Crippen molar-refractivity contribution in [2.24, 2.45) is 11.7 Å². The summed E-state index contributed by atoms with van der Waals surface area (Å²) in [6.45, 7) is 5.21. The quantitative estimate of drug-likeness (QED) is 0.805. The summed E-state index contributed by atoms with van der Waals surface area (Å²) in [6.07, 6.45) is 1.66. The normalized spacial score (nSPS) is 14.8. The zero-order valence-corrected chi connectivity index (χ0v) is 12.9. The van der Waals surface area contributed by atoms with Crippen LogP contribution in [0.4, 0.5) is 0 Å². The number of rotatable bonds is 6. The molecule has 1 aromatic heterocycles.